The highest BCUT2D eigenvalue weighted by Crippen LogP contribution is 2.18. The van der Waals surface area contributed by atoms with E-state index in [2.05, 4.69) is 20.4 Å². The first-order chi connectivity index (χ1) is 7.65. The van der Waals surface area contributed by atoms with Crippen molar-refractivity contribution >= 4 is 22.9 Å². The summed E-state index contributed by atoms with van der Waals surface area (Å²) in [6, 6.07) is -0.510. The van der Waals surface area contributed by atoms with Gasteiger partial charge >= 0.3 is 0 Å². The minimum atomic E-state index is -0.510. The van der Waals surface area contributed by atoms with Crippen LogP contribution in [0.25, 0.3) is 11.2 Å². The fourth-order valence-electron chi connectivity index (χ4n) is 1.40. The molecular weight excluding hydrogens is 210 g/mol. The lowest BCUT2D eigenvalue weighted by molar-refractivity contribution is -0.123. The van der Waals surface area contributed by atoms with Crippen molar-refractivity contribution in [3.05, 3.63) is 12.7 Å². The minimum Gasteiger partial charge on any atom is -0.382 e. The van der Waals surface area contributed by atoms with Gasteiger partial charge in [0.15, 0.2) is 11.5 Å². The van der Waals surface area contributed by atoms with E-state index in [-0.39, 0.29) is 11.7 Å². The van der Waals surface area contributed by atoms with E-state index in [1.165, 1.54) is 12.7 Å². The predicted octanol–water partition coefficient (Wildman–Crippen LogP) is -1.04. The molecule has 5 N–H and O–H groups in total. The van der Waals surface area contributed by atoms with Crippen LogP contribution in [0.15, 0.2) is 12.7 Å². The molecule has 0 aromatic carbocycles. The Morgan fingerprint density at radius 1 is 1.50 bits per heavy atom. The average Bonchev–Trinajstić information content (AvgIpc) is 2.72. The summed E-state index contributed by atoms with van der Waals surface area (Å²) >= 11 is 0. The first-order valence-electron chi connectivity index (χ1n) is 4.58. The topological polar surface area (TPSA) is 125 Å². The van der Waals surface area contributed by atoms with Crippen LogP contribution in [-0.4, -0.2) is 25.4 Å². The number of hydrogen-bond acceptors (Lipinski definition) is 6. The molecule has 16 heavy (non-hydrogen) atoms. The Bertz CT molecular complexity index is 534. The molecule has 2 aromatic heterocycles. The molecule has 2 rings (SSSR count). The molecule has 0 aliphatic heterocycles. The lowest BCUT2D eigenvalue weighted by Crippen LogP contribution is -2.35. The van der Waals surface area contributed by atoms with Crippen molar-refractivity contribution in [1.29, 1.82) is 0 Å². The number of amides is 1. The van der Waals surface area contributed by atoms with Gasteiger partial charge in [-0.15, -0.1) is 0 Å². The molecular formula is C8H11N7O. The van der Waals surface area contributed by atoms with Gasteiger partial charge in [-0.05, 0) is 6.92 Å². The molecule has 2 heterocycles. The Morgan fingerprint density at radius 2 is 2.25 bits per heavy atom. The van der Waals surface area contributed by atoms with Crippen LogP contribution in [0, 0.1) is 0 Å². The quantitative estimate of drug-likeness (QED) is 0.338. The standard InChI is InChI=1S/C8H11N7O/c1-4(8(16)14-10)15-3-13-5-6(9)11-2-12-7(5)15/h2-4H,10H2,1H3,(H,14,16)(H2,9,11,12). The first kappa shape index (κ1) is 10.3. The number of carbonyl (C=O) groups excluding carboxylic acids is 1. The third-order valence-electron chi connectivity index (χ3n) is 2.33. The number of rotatable bonds is 2. The van der Waals surface area contributed by atoms with Crippen molar-refractivity contribution in [2.75, 3.05) is 5.73 Å². The SMILES string of the molecule is CC(C(=O)NN)n1cnc2c(N)ncnc21. The van der Waals surface area contributed by atoms with Crippen LogP contribution in [0.3, 0.4) is 0 Å². The monoisotopic (exact) mass is 221 g/mol. The van der Waals surface area contributed by atoms with Gasteiger partial charge in [-0.2, -0.15) is 0 Å². The summed E-state index contributed by atoms with van der Waals surface area (Å²) in [4.78, 5) is 23.3. The maximum Gasteiger partial charge on any atom is 0.256 e. The molecule has 0 saturated carbocycles. The number of hydrazine groups is 1. The number of carbonyl (C=O) groups is 1. The van der Waals surface area contributed by atoms with Crippen LogP contribution in [0.2, 0.25) is 0 Å². The predicted molar refractivity (Wildman–Crippen MR) is 56.8 cm³/mol. The van der Waals surface area contributed by atoms with Crippen LogP contribution in [-0.2, 0) is 4.79 Å². The summed E-state index contributed by atoms with van der Waals surface area (Å²) in [5.74, 6) is 5.01. The molecule has 84 valence electrons. The van der Waals surface area contributed by atoms with Gasteiger partial charge in [-0.3, -0.25) is 10.2 Å². The maximum atomic E-state index is 11.4. The second-order valence-electron chi connectivity index (χ2n) is 3.27. The number of nitrogens with one attached hydrogen (secondary N) is 1. The van der Waals surface area contributed by atoms with Crippen molar-refractivity contribution in [3.8, 4) is 0 Å². The van der Waals surface area contributed by atoms with Crippen molar-refractivity contribution < 1.29 is 4.79 Å². The van der Waals surface area contributed by atoms with Crippen LogP contribution < -0.4 is 17.0 Å². The molecule has 0 radical (unpaired) electrons. The molecule has 1 atom stereocenters. The Balaban J connectivity index is 2.54. The van der Waals surface area contributed by atoms with Gasteiger partial charge in [0.25, 0.3) is 5.91 Å². The molecule has 0 saturated heterocycles. The minimum absolute atomic E-state index is 0.282. The number of imidazole rings is 1. The molecule has 0 spiro atoms. The lowest BCUT2D eigenvalue weighted by Gasteiger charge is -2.11. The molecule has 0 bridgehead atoms. The Kier molecular flexibility index (Phi) is 2.41. The second-order valence-corrected chi connectivity index (χ2v) is 3.27. The fraction of sp³-hybridized carbons (Fsp3) is 0.250. The van der Waals surface area contributed by atoms with Gasteiger partial charge in [0, 0.05) is 0 Å². The fourth-order valence-corrected chi connectivity index (χ4v) is 1.40. The number of hydrogen-bond donors (Lipinski definition) is 3. The van der Waals surface area contributed by atoms with E-state index in [1.807, 2.05) is 0 Å². The van der Waals surface area contributed by atoms with E-state index < -0.39 is 6.04 Å². The third kappa shape index (κ3) is 1.44. The lowest BCUT2D eigenvalue weighted by atomic mass is 10.3. The largest absolute Gasteiger partial charge is 0.382 e. The molecule has 0 fully saturated rings. The zero-order valence-electron chi connectivity index (χ0n) is 8.58. The van der Waals surface area contributed by atoms with Gasteiger partial charge in [0.1, 0.15) is 17.9 Å². The highest BCUT2D eigenvalue weighted by Gasteiger charge is 2.17. The van der Waals surface area contributed by atoms with Crippen LogP contribution >= 0.6 is 0 Å². The Labute approximate surface area is 90.6 Å². The van der Waals surface area contributed by atoms with E-state index in [0.29, 0.717) is 11.2 Å². The Hall–Kier alpha value is -2.22. The highest BCUT2D eigenvalue weighted by molar-refractivity contribution is 5.85. The number of anilines is 1. The number of aromatic nitrogens is 4. The summed E-state index contributed by atoms with van der Waals surface area (Å²) in [5, 5.41) is 0. The molecule has 2 aromatic rings. The van der Waals surface area contributed by atoms with Crippen LogP contribution in [0.5, 0.6) is 0 Å². The Morgan fingerprint density at radius 3 is 2.94 bits per heavy atom. The van der Waals surface area contributed by atoms with E-state index in [9.17, 15) is 4.79 Å². The summed E-state index contributed by atoms with van der Waals surface area (Å²) < 4.78 is 1.58. The van der Waals surface area contributed by atoms with E-state index >= 15 is 0 Å². The van der Waals surface area contributed by atoms with E-state index in [0.717, 1.165) is 0 Å². The number of nitrogen functional groups attached to an aromatic ring is 1. The van der Waals surface area contributed by atoms with Gasteiger partial charge < -0.3 is 10.3 Å². The summed E-state index contributed by atoms with van der Waals surface area (Å²) in [5.41, 5.74) is 8.67. The van der Waals surface area contributed by atoms with Gasteiger partial charge in [-0.25, -0.2) is 20.8 Å². The van der Waals surface area contributed by atoms with Crippen molar-refractivity contribution in [2.45, 2.75) is 13.0 Å². The zero-order valence-corrected chi connectivity index (χ0v) is 8.58. The van der Waals surface area contributed by atoms with Crippen molar-refractivity contribution in [3.63, 3.8) is 0 Å². The average molecular weight is 221 g/mol. The second kappa shape index (κ2) is 3.74. The smallest absolute Gasteiger partial charge is 0.256 e. The van der Waals surface area contributed by atoms with Crippen LogP contribution in [0.1, 0.15) is 13.0 Å². The molecule has 1 amide bonds. The normalized spacial score (nSPS) is 12.6. The molecule has 0 aliphatic carbocycles. The van der Waals surface area contributed by atoms with Crippen molar-refractivity contribution in [2.24, 2.45) is 5.84 Å². The van der Waals surface area contributed by atoms with E-state index in [4.69, 9.17) is 11.6 Å². The number of fused-ring (bicyclic) bond motifs is 1. The number of nitrogens with zero attached hydrogens (tertiary/aromatic N) is 4. The molecule has 1 unspecified atom stereocenters. The van der Waals surface area contributed by atoms with Gasteiger partial charge in [-0.1, -0.05) is 0 Å². The highest BCUT2D eigenvalue weighted by atomic mass is 16.2. The summed E-state index contributed by atoms with van der Waals surface area (Å²) in [7, 11) is 0. The maximum absolute atomic E-state index is 11.4. The third-order valence-corrected chi connectivity index (χ3v) is 2.33. The molecule has 0 aliphatic rings. The van der Waals surface area contributed by atoms with Gasteiger partial charge in [0.2, 0.25) is 0 Å². The first-order valence-corrected chi connectivity index (χ1v) is 4.58. The van der Waals surface area contributed by atoms with Crippen LogP contribution in [0.4, 0.5) is 5.82 Å². The zero-order chi connectivity index (χ0) is 11.7. The summed E-state index contributed by atoms with van der Waals surface area (Å²) in [6.45, 7) is 1.68. The van der Waals surface area contributed by atoms with E-state index in [1.54, 1.807) is 11.5 Å². The summed E-state index contributed by atoms with van der Waals surface area (Å²) in [6.07, 6.45) is 2.80. The molecule has 8 heteroatoms. The van der Waals surface area contributed by atoms with Crippen molar-refractivity contribution in [1.82, 2.24) is 24.9 Å². The molecule has 8 nitrogen and oxygen atoms in total. The number of nitrogens with two attached hydrogens (primary N) is 2. The van der Waals surface area contributed by atoms with Gasteiger partial charge in [0.05, 0.1) is 6.33 Å².